The molecule has 114 valence electrons. The van der Waals surface area contributed by atoms with Gasteiger partial charge in [-0.15, -0.1) is 12.4 Å². The van der Waals surface area contributed by atoms with Crippen LogP contribution in [0, 0.1) is 11.6 Å². The highest BCUT2D eigenvalue weighted by atomic mass is 35.5. The van der Waals surface area contributed by atoms with Crippen molar-refractivity contribution >= 4 is 18.3 Å². The Labute approximate surface area is 124 Å². The molecule has 0 saturated carbocycles. The summed E-state index contributed by atoms with van der Waals surface area (Å²) in [6.45, 7) is 5.32. The van der Waals surface area contributed by atoms with Crippen molar-refractivity contribution in [3.8, 4) is 0 Å². The second-order valence-corrected chi connectivity index (χ2v) is 4.50. The quantitative estimate of drug-likeness (QED) is 0.812. The molecule has 1 amide bonds. The van der Waals surface area contributed by atoms with E-state index in [1.807, 2.05) is 13.8 Å². The minimum atomic E-state index is -0.488. The van der Waals surface area contributed by atoms with Crippen LogP contribution in [0.15, 0.2) is 18.2 Å². The van der Waals surface area contributed by atoms with E-state index in [4.69, 9.17) is 0 Å². The Morgan fingerprint density at radius 2 is 2.05 bits per heavy atom. The fourth-order valence-electron chi connectivity index (χ4n) is 1.76. The lowest BCUT2D eigenvalue weighted by atomic mass is 10.1. The molecule has 0 bridgehead atoms. The topological polar surface area (TPSA) is 41.1 Å². The Balaban J connectivity index is 0.00000361. The number of halogens is 3. The molecule has 0 aliphatic rings. The van der Waals surface area contributed by atoms with E-state index < -0.39 is 11.6 Å². The first-order valence-corrected chi connectivity index (χ1v) is 6.47. The van der Waals surface area contributed by atoms with Gasteiger partial charge < -0.3 is 10.6 Å². The van der Waals surface area contributed by atoms with E-state index in [2.05, 4.69) is 10.6 Å². The first kappa shape index (κ1) is 18.8. The van der Waals surface area contributed by atoms with Gasteiger partial charge in [0.1, 0.15) is 11.6 Å². The molecule has 2 N–H and O–H groups in total. The summed E-state index contributed by atoms with van der Waals surface area (Å²) in [6, 6.07) is 3.47. The lowest BCUT2D eigenvalue weighted by Gasteiger charge is -2.13. The van der Waals surface area contributed by atoms with Gasteiger partial charge in [-0.25, -0.2) is 8.78 Å². The van der Waals surface area contributed by atoms with Crippen LogP contribution in [0.5, 0.6) is 0 Å². The summed E-state index contributed by atoms with van der Waals surface area (Å²) in [4.78, 5) is 11.6. The van der Waals surface area contributed by atoms with E-state index in [9.17, 15) is 13.6 Å². The van der Waals surface area contributed by atoms with Gasteiger partial charge in [-0.2, -0.15) is 0 Å². The second-order valence-electron chi connectivity index (χ2n) is 4.50. The van der Waals surface area contributed by atoms with Gasteiger partial charge in [-0.1, -0.05) is 6.92 Å². The van der Waals surface area contributed by atoms with Crippen molar-refractivity contribution in [2.45, 2.75) is 32.7 Å². The Hall–Kier alpha value is -1.20. The van der Waals surface area contributed by atoms with Crippen LogP contribution < -0.4 is 10.6 Å². The smallest absolute Gasteiger partial charge is 0.220 e. The predicted molar refractivity (Wildman–Crippen MR) is 78.1 cm³/mol. The van der Waals surface area contributed by atoms with Crippen molar-refractivity contribution in [2.24, 2.45) is 0 Å². The number of carbonyl (C=O) groups excluding carboxylic acids is 1. The monoisotopic (exact) mass is 306 g/mol. The fraction of sp³-hybridized carbons (Fsp3) is 0.500. The number of carbonyl (C=O) groups is 1. The molecule has 6 heteroatoms. The van der Waals surface area contributed by atoms with Gasteiger partial charge in [0.15, 0.2) is 0 Å². The van der Waals surface area contributed by atoms with E-state index in [1.165, 1.54) is 0 Å². The molecule has 1 aromatic carbocycles. The van der Waals surface area contributed by atoms with E-state index >= 15 is 0 Å². The largest absolute Gasteiger partial charge is 0.355 e. The fourth-order valence-corrected chi connectivity index (χ4v) is 1.76. The molecule has 0 aliphatic carbocycles. The first-order chi connectivity index (χ1) is 9.02. The Bertz CT molecular complexity index is 430. The molecule has 20 heavy (non-hydrogen) atoms. The maximum absolute atomic E-state index is 13.3. The lowest BCUT2D eigenvalue weighted by molar-refractivity contribution is -0.121. The summed E-state index contributed by atoms with van der Waals surface area (Å²) < 4.78 is 26.3. The van der Waals surface area contributed by atoms with Crippen molar-refractivity contribution in [3.05, 3.63) is 35.4 Å². The highest BCUT2D eigenvalue weighted by Gasteiger charge is 2.08. The van der Waals surface area contributed by atoms with E-state index in [0.717, 1.165) is 24.7 Å². The average molecular weight is 307 g/mol. The lowest BCUT2D eigenvalue weighted by Crippen LogP contribution is -2.38. The number of hydrogen-bond acceptors (Lipinski definition) is 2. The molecule has 3 nitrogen and oxygen atoms in total. The third-order valence-electron chi connectivity index (χ3n) is 2.79. The van der Waals surface area contributed by atoms with E-state index in [0.29, 0.717) is 6.54 Å². The predicted octanol–water partition coefficient (Wildman–Crippen LogP) is 2.43. The van der Waals surface area contributed by atoms with Crippen LogP contribution in [0.25, 0.3) is 0 Å². The number of amides is 1. The molecule has 0 saturated heterocycles. The maximum atomic E-state index is 13.3. The minimum absolute atomic E-state index is 0. The van der Waals surface area contributed by atoms with Gasteiger partial charge in [-0.05, 0) is 43.7 Å². The highest BCUT2D eigenvalue weighted by molar-refractivity contribution is 5.85. The Kier molecular flexibility index (Phi) is 9.08. The van der Waals surface area contributed by atoms with Crippen molar-refractivity contribution in [1.29, 1.82) is 0 Å². The van der Waals surface area contributed by atoms with Crippen molar-refractivity contribution in [1.82, 2.24) is 10.6 Å². The van der Waals surface area contributed by atoms with Crippen molar-refractivity contribution in [2.75, 3.05) is 13.1 Å². The van der Waals surface area contributed by atoms with Crippen LogP contribution in [-0.4, -0.2) is 25.0 Å². The van der Waals surface area contributed by atoms with Crippen LogP contribution >= 0.6 is 12.4 Å². The normalized spacial score (nSPS) is 11.6. The summed E-state index contributed by atoms with van der Waals surface area (Å²) >= 11 is 0. The zero-order valence-electron chi connectivity index (χ0n) is 11.7. The molecule has 0 unspecified atom stereocenters. The summed E-state index contributed by atoms with van der Waals surface area (Å²) in [6.07, 6.45) is 0.351. The molecule has 0 aliphatic heterocycles. The van der Waals surface area contributed by atoms with Crippen LogP contribution in [0.3, 0.4) is 0 Å². The van der Waals surface area contributed by atoms with Gasteiger partial charge in [0.2, 0.25) is 5.91 Å². The zero-order valence-corrected chi connectivity index (χ0v) is 12.5. The molecule has 1 rings (SSSR count). The van der Waals surface area contributed by atoms with Crippen LogP contribution in [0.2, 0.25) is 0 Å². The molecule has 1 aromatic rings. The standard InChI is InChI=1S/C14H20F2N2O.ClH/c1-3-17-10(2)9-18-14(19)7-4-11-8-12(15)5-6-13(11)16;/h5-6,8,10,17H,3-4,7,9H2,1-2H3,(H,18,19);1H/t10-;/m1./s1. The zero-order chi connectivity index (χ0) is 14.3. The third kappa shape index (κ3) is 6.82. The molecule has 0 fully saturated rings. The van der Waals surface area contributed by atoms with Gasteiger partial charge in [0.05, 0.1) is 0 Å². The van der Waals surface area contributed by atoms with Crippen LogP contribution in [-0.2, 0) is 11.2 Å². The second kappa shape index (κ2) is 9.66. The number of benzene rings is 1. The summed E-state index contributed by atoms with van der Waals surface area (Å²) in [7, 11) is 0. The van der Waals surface area contributed by atoms with Crippen molar-refractivity contribution < 1.29 is 13.6 Å². The molecule has 0 radical (unpaired) electrons. The SMILES string of the molecule is CCN[C@H](C)CNC(=O)CCc1cc(F)ccc1F.Cl. The van der Waals surface area contributed by atoms with Gasteiger partial charge in [0, 0.05) is 19.0 Å². The van der Waals surface area contributed by atoms with E-state index in [1.54, 1.807) is 0 Å². The molecule has 0 aromatic heterocycles. The molecular weight excluding hydrogens is 286 g/mol. The first-order valence-electron chi connectivity index (χ1n) is 6.47. The molecule has 1 atom stereocenters. The molecular formula is C14H21ClF2N2O. The van der Waals surface area contributed by atoms with Crippen LogP contribution in [0.1, 0.15) is 25.8 Å². The van der Waals surface area contributed by atoms with Crippen LogP contribution in [0.4, 0.5) is 8.78 Å². The number of aryl methyl sites for hydroxylation is 1. The minimum Gasteiger partial charge on any atom is -0.355 e. The number of rotatable bonds is 7. The van der Waals surface area contributed by atoms with Gasteiger partial charge in [0.25, 0.3) is 0 Å². The summed E-state index contributed by atoms with van der Waals surface area (Å²) in [5, 5.41) is 5.92. The van der Waals surface area contributed by atoms with Gasteiger partial charge in [-0.3, -0.25) is 4.79 Å². The van der Waals surface area contributed by atoms with E-state index in [-0.39, 0.29) is 42.8 Å². The third-order valence-corrected chi connectivity index (χ3v) is 2.79. The maximum Gasteiger partial charge on any atom is 0.220 e. The summed E-state index contributed by atoms with van der Waals surface area (Å²) in [5.41, 5.74) is 0.231. The number of hydrogen-bond donors (Lipinski definition) is 2. The Morgan fingerprint density at radius 1 is 1.35 bits per heavy atom. The number of likely N-dealkylation sites (N-methyl/N-ethyl adjacent to an activating group) is 1. The molecule has 0 heterocycles. The Morgan fingerprint density at radius 3 is 2.70 bits per heavy atom. The number of nitrogens with one attached hydrogen (secondary N) is 2. The van der Waals surface area contributed by atoms with Crippen molar-refractivity contribution in [3.63, 3.8) is 0 Å². The van der Waals surface area contributed by atoms with Gasteiger partial charge >= 0.3 is 0 Å². The average Bonchev–Trinajstić information content (AvgIpc) is 2.38. The highest BCUT2D eigenvalue weighted by Crippen LogP contribution is 2.11. The summed E-state index contributed by atoms with van der Waals surface area (Å²) in [5.74, 6) is -1.12. The molecule has 0 spiro atoms.